The van der Waals surface area contributed by atoms with E-state index in [9.17, 15) is 0 Å². The maximum atomic E-state index is 6.51. The molecule has 6 rings (SSSR count). The van der Waals surface area contributed by atoms with Crippen LogP contribution in [0.15, 0.2) is 84.9 Å². The Balaban J connectivity index is 1.95. The molecule has 2 nitrogen and oxygen atoms in total. The molecule has 0 N–H and O–H groups in total. The first-order valence-corrected chi connectivity index (χ1v) is 31.6. The van der Waals surface area contributed by atoms with Crippen molar-refractivity contribution in [1.29, 1.82) is 0 Å². The molecule has 2 atom stereocenters. The number of hydrogen-bond donors (Lipinski definition) is 0. The largest absolute Gasteiger partial charge is 0.496 e. The molecule has 0 fully saturated rings. The van der Waals surface area contributed by atoms with Crippen LogP contribution in [-0.2, 0) is 43.3 Å². The minimum atomic E-state index is -1.20. The van der Waals surface area contributed by atoms with E-state index in [1.165, 1.54) is 110 Å². The van der Waals surface area contributed by atoms with Gasteiger partial charge in [-0.15, -0.1) is 0 Å². The van der Waals surface area contributed by atoms with Gasteiger partial charge in [0.1, 0.15) is 11.5 Å². The molecule has 78 heavy (non-hydrogen) atoms. The Morgan fingerprint density at radius 1 is 0.282 bits per heavy atom. The molecular weight excluding hydrogens is 983 g/mol. The summed E-state index contributed by atoms with van der Waals surface area (Å²) in [6, 6.07) is 35.0. The highest BCUT2D eigenvalue weighted by molar-refractivity contribution is 7.80. The Morgan fingerprint density at radius 3 is 0.654 bits per heavy atom. The molecule has 422 valence electrons. The quantitative estimate of drug-likeness (QED) is 0.134. The van der Waals surface area contributed by atoms with Crippen molar-refractivity contribution in [2.45, 2.75) is 237 Å². The monoisotopic (exact) mass is 1090 g/mol. The molecule has 4 heteroatoms. The Labute approximate surface area is 480 Å². The lowest BCUT2D eigenvalue weighted by atomic mass is 9.77. The molecule has 0 aliphatic heterocycles. The maximum Gasteiger partial charge on any atom is 0.126 e. The number of benzene rings is 6. The SMILES string of the molecule is COc1c(C(C)(C)C)cc(P(c2cc(C(C)(C)C)c(C)c(C(C)(C)C)c2)c2cccc(C)c2-c2c(C)cccc2P(c2cc(C(C)(C)C)c(C)c(C(C)(C)C)c2)c2cc(C(C)(C)C)c(OC)c(C(C)(C)C)c2)cc1C(C)(C)C. The average Bonchev–Trinajstić information content (AvgIpc) is 3.27. The van der Waals surface area contributed by atoms with Crippen molar-refractivity contribution >= 4 is 47.7 Å². The fourth-order valence-electron chi connectivity index (χ4n) is 12.1. The molecule has 0 aliphatic rings. The summed E-state index contributed by atoms with van der Waals surface area (Å²) in [5.74, 6) is 2.01. The van der Waals surface area contributed by atoms with Gasteiger partial charge in [0.25, 0.3) is 0 Å². The van der Waals surface area contributed by atoms with E-state index in [-0.39, 0.29) is 43.3 Å². The van der Waals surface area contributed by atoms with E-state index in [1.807, 2.05) is 14.2 Å². The number of rotatable bonds is 9. The molecule has 0 bridgehead atoms. The van der Waals surface area contributed by atoms with Gasteiger partial charge in [-0.25, -0.2) is 0 Å². The molecule has 0 radical (unpaired) electrons. The van der Waals surface area contributed by atoms with Gasteiger partial charge >= 0.3 is 0 Å². The molecule has 0 aliphatic carbocycles. The summed E-state index contributed by atoms with van der Waals surface area (Å²) < 4.78 is 13.0. The molecule has 2 unspecified atom stereocenters. The van der Waals surface area contributed by atoms with E-state index >= 15 is 0 Å². The zero-order chi connectivity index (χ0) is 59.2. The van der Waals surface area contributed by atoms with E-state index in [1.54, 1.807) is 0 Å². The summed E-state index contributed by atoms with van der Waals surface area (Å²) in [7, 11) is 1.33. The second kappa shape index (κ2) is 21.6. The highest BCUT2D eigenvalue weighted by atomic mass is 31.1. The number of hydrogen-bond acceptors (Lipinski definition) is 2. The van der Waals surface area contributed by atoms with Gasteiger partial charge in [-0.1, -0.05) is 203 Å². The number of ether oxygens (including phenoxy) is 2. The first-order valence-electron chi connectivity index (χ1n) is 28.9. The van der Waals surface area contributed by atoms with E-state index in [0.717, 1.165) is 11.5 Å². The van der Waals surface area contributed by atoms with Crippen LogP contribution in [0.5, 0.6) is 11.5 Å². The third-order valence-corrected chi connectivity index (χ3v) is 20.9. The Morgan fingerprint density at radius 2 is 0.474 bits per heavy atom. The van der Waals surface area contributed by atoms with Crippen LogP contribution >= 0.6 is 15.8 Å². The highest BCUT2D eigenvalue weighted by Crippen LogP contribution is 2.50. The van der Waals surface area contributed by atoms with E-state index in [2.05, 4.69) is 279 Å². The molecule has 0 saturated heterocycles. The average molecular weight is 1090 g/mol. The smallest absolute Gasteiger partial charge is 0.126 e. The lowest BCUT2D eigenvalue weighted by Gasteiger charge is -2.35. The molecule has 6 aromatic carbocycles. The minimum Gasteiger partial charge on any atom is -0.496 e. The van der Waals surface area contributed by atoms with Crippen molar-refractivity contribution in [3.05, 3.63) is 152 Å². The van der Waals surface area contributed by atoms with Gasteiger partial charge in [-0.05, 0) is 223 Å². The van der Waals surface area contributed by atoms with Crippen LogP contribution in [-0.4, -0.2) is 14.2 Å². The zero-order valence-corrected chi connectivity index (χ0v) is 56.6. The number of aryl methyl sites for hydroxylation is 2. The third-order valence-electron chi connectivity index (χ3n) is 16.1. The lowest BCUT2D eigenvalue weighted by Crippen LogP contribution is -2.32. The highest BCUT2D eigenvalue weighted by Gasteiger charge is 2.37. The molecule has 0 saturated carbocycles. The van der Waals surface area contributed by atoms with Crippen LogP contribution < -0.4 is 41.3 Å². The van der Waals surface area contributed by atoms with Gasteiger partial charge in [0.05, 0.1) is 14.2 Å². The first kappa shape index (κ1) is 63.0. The summed E-state index contributed by atoms with van der Waals surface area (Å²) in [6.07, 6.45) is 0. The Kier molecular flexibility index (Phi) is 17.4. The van der Waals surface area contributed by atoms with Crippen molar-refractivity contribution in [2.24, 2.45) is 0 Å². The van der Waals surface area contributed by atoms with Crippen molar-refractivity contribution in [1.82, 2.24) is 0 Å². The summed E-state index contributed by atoms with van der Waals surface area (Å²) in [4.78, 5) is 0. The van der Waals surface area contributed by atoms with E-state index in [0.29, 0.717) is 0 Å². The minimum absolute atomic E-state index is 0.0787. The van der Waals surface area contributed by atoms with Crippen molar-refractivity contribution in [3.63, 3.8) is 0 Å². The van der Waals surface area contributed by atoms with E-state index in [4.69, 9.17) is 9.47 Å². The van der Waals surface area contributed by atoms with Gasteiger partial charge in [0.2, 0.25) is 0 Å². The van der Waals surface area contributed by atoms with Gasteiger partial charge in [-0.3, -0.25) is 0 Å². The van der Waals surface area contributed by atoms with Gasteiger partial charge in [0, 0.05) is 22.3 Å². The Bertz CT molecular complexity index is 2840. The normalized spacial score (nSPS) is 14.2. The van der Waals surface area contributed by atoms with E-state index < -0.39 is 15.8 Å². The van der Waals surface area contributed by atoms with Crippen molar-refractivity contribution in [2.75, 3.05) is 14.2 Å². The summed E-state index contributed by atoms with van der Waals surface area (Å²) in [6.45, 7) is 66.4. The summed E-state index contributed by atoms with van der Waals surface area (Å²) in [5.41, 5.74) is 17.7. The maximum absolute atomic E-state index is 6.51. The van der Waals surface area contributed by atoms with Crippen LogP contribution in [0.25, 0.3) is 11.1 Å². The van der Waals surface area contributed by atoms with Gasteiger partial charge in [0.15, 0.2) is 0 Å². The second-order valence-corrected chi connectivity index (χ2v) is 35.5. The molecule has 6 aromatic rings. The van der Waals surface area contributed by atoms with Crippen molar-refractivity contribution in [3.8, 4) is 22.6 Å². The third kappa shape index (κ3) is 12.8. The van der Waals surface area contributed by atoms with Crippen LogP contribution in [0.3, 0.4) is 0 Å². The molecule has 0 amide bonds. The Hall–Kier alpha value is -4.22. The zero-order valence-electron chi connectivity index (χ0n) is 54.8. The molecule has 0 spiro atoms. The second-order valence-electron chi connectivity index (χ2n) is 31.1. The number of methoxy groups -OCH3 is 2. The summed E-state index contributed by atoms with van der Waals surface area (Å²) >= 11 is 0. The molecular formula is C74H104O2P2. The van der Waals surface area contributed by atoms with Crippen molar-refractivity contribution < 1.29 is 9.47 Å². The predicted molar refractivity (Wildman–Crippen MR) is 351 cm³/mol. The van der Waals surface area contributed by atoms with Crippen LogP contribution in [0, 0.1) is 27.7 Å². The lowest BCUT2D eigenvalue weighted by molar-refractivity contribution is 0.381. The van der Waals surface area contributed by atoms with Gasteiger partial charge < -0.3 is 9.47 Å². The molecule has 0 aromatic heterocycles. The standard InChI is InChI=1S/C74H104O2P2/c1-45-33-31-35-61(77(49-37-53(67(5,6)7)47(3)54(38-49)68(8,9)10)51-41-57(71(17,18)19)65(75-29)58(42-51)72(20,21)22)63(45)64-46(2)34-32-36-62(64)78(50-39-55(69(11,12)13)48(4)56(40-50)70(14,15)16)52-43-59(73(23,24)25)66(76-30)60(44-52)74(26,27)28/h31-44H,1-30H3. The van der Waals surface area contributed by atoms with Crippen LogP contribution in [0.1, 0.15) is 233 Å². The predicted octanol–water partition coefficient (Wildman–Crippen LogP) is 18.5. The van der Waals surface area contributed by atoms with Crippen LogP contribution in [0.4, 0.5) is 0 Å². The fraction of sp³-hybridized carbons (Fsp3) is 0.514. The van der Waals surface area contributed by atoms with Gasteiger partial charge in [-0.2, -0.15) is 0 Å². The van der Waals surface area contributed by atoms with Crippen LogP contribution in [0.2, 0.25) is 0 Å². The summed E-state index contributed by atoms with van der Waals surface area (Å²) in [5, 5.41) is 8.27. The topological polar surface area (TPSA) is 18.5 Å². The molecule has 0 heterocycles. The first-order chi connectivity index (χ1) is 35.3. The fourth-order valence-corrected chi connectivity index (χ4v) is 17.4.